The number of para-hydroxylation sites is 1. The van der Waals surface area contributed by atoms with Crippen molar-refractivity contribution in [3.8, 4) is 5.69 Å². The highest BCUT2D eigenvalue weighted by Gasteiger charge is 2.32. The minimum absolute atomic E-state index is 0.269. The van der Waals surface area contributed by atoms with E-state index in [1.165, 1.54) is 0 Å². The second-order valence-electron chi connectivity index (χ2n) is 5.11. The molecule has 0 aliphatic heterocycles. The van der Waals surface area contributed by atoms with Crippen LogP contribution < -0.4 is 0 Å². The Balaban J connectivity index is 2.18. The smallest absolute Gasteiger partial charge is 0.316 e. The quantitative estimate of drug-likeness (QED) is 0.604. The maximum atomic E-state index is 12.0. The van der Waals surface area contributed by atoms with Crippen molar-refractivity contribution >= 4 is 5.97 Å². The monoisotopic (exact) mass is 284 g/mol. The van der Waals surface area contributed by atoms with Crippen LogP contribution >= 0.6 is 0 Å². The molecule has 4 nitrogen and oxygen atoms in total. The topological polar surface area (TPSA) is 44.1 Å². The van der Waals surface area contributed by atoms with Gasteiger partial charge in [-0.15, -0.1) is 6.58 Å². The van der Waals surface area contributed by atoms with E-state index in [1.807, 2.05) is 49.5 Å². The minimum Gasteiger partial charge on any atom is -0.465 e. The average molecular weight is 284 g/mol. The number of nitrogens with zero attached hydrogens (tertiary/aromatic N) is 2. The fourth-order valence-corrected chi connectivity index (χ4v) is 2.08. The van der Waals surface area contributed by atoms with Crippen molar-refractivity contribution in [3.05, 3.63) is 60.9 Å². The summed E-state index contributed by atoms with van der Waals surface area (Å²) in [5, 5.41) is 4.52. The van der Waals surface area contributed by atoms with Gasteiger partial charge in [0.15, 0.2) is 0 Å². The van der Waals surface area contributed by atoms with Crippen LogP contribution in [-0.2, 0) is 16.0 Å². The molecular formula is C17H20N2O2. The first kappa shape index (κ1) is 15.0. The summed E-state index contributed by atoms with van der Waals surface area (Å²) in [7, 11) is 0. The standard InChI is InChI=1S/C17H20N2O2/c1-4-17(3,16(20)21-5-2)13-14-11-12-19(18-14)15-9-7-6-8-10-15/h4,6-12H,1,5,13H2,2-3H3. The van der Waals surface area contributed by atoms with Gasteiger partial charge in [0.1, 0.15) is 0 Å². The summed E-state index contributed by atoms with van der Waals surface area (Å²) in [6.07, 6.45) is 3.99. The number of esters is 1. The third-order valence-electron chi connectivity index (χ3n) is 3.41. The van der Waals surface area contributed by atoms with Gasteiger partial charge in [-0.1, -0.05) is 24.3 Å². The first-order valence-electron chi connectivity index (χ1n) is 7.00. The van der Waals surface area contributed by atoms with Gasteiger partial charge >= 0.3 is 5.97 Å². The second kappa shape index (κ2) is 6.39. The highest BCUT2D eigenvalue weighted by molar-refractivity contribution is 5.78. The van der Waals surface area contributed by atoms with Crippen molar-refractivity contribution in [2.24, 2.45) is 5.41 Å². The Hall–Kier alpha value is -2.36. The molecule has 1 heterocycles. The molecule has 0 saturated heterocycles. The summed E-state index contributed by atoms with van der Waals surface area (Å²) >= 11 is 0. The van der Waals surface area contributed by atoms with Gasteiger partial charge in [-0.2, -0.15) is 5.10 Å². The molecule has 21 heavy (non-hydrogen) atoms. The Kier molecular flexibility index (Phi) is 4.58. The Morgan fingerprint density at radius 1 is 1.38 bits per heavy atom. The third-order valence-corrected chi connectivity index (χ3v) is 3.41. The summed E-state index contributed by atoms with van der Waals surface area (Å²) in [5.41, 5.74) is 1.06. The number of benzene rings is 1. The number of rotatable bonds is 6. The molecule has 110 valence electrons. The Labute approximate surface area is 125 Å². The molecule has 1 aromatic heterocycles. The van der Waals surface area contributed by atoms with Gasteiger partial charge in [0.25, 0.3) is 0 Å². The van der Waals surface area contributed by atoms with Gasteiger partial charge < -0.3 is 4.74 Å². The lowest BCUT2D eigenvalue weighted by molar-refractivity contribution is -0.151. The number of carbonyl (C=O) groups is 1. The van der Waals surface area contributed by atoms with E-state index in [4.69, 9.17) is 4.74 Å². The summed E-state index contributed by atoms with van der Waals surface area (Å²) in [6, 6.07) is 11.8. The second-order valence-corrected chi connectivity index (χ2v) is 5.11. The average Bonchev–Trinajstić information content (AvgIpc) is 2.96. The number of ether oxygens (including phenoxy) is 1. The predicted octanol–water partition coefficient (Wildman–Crippen LogP) is 3.17. The van der Waals surface area contributed by atoms with Crippen molar-refractivity contribution in [1.82, 2.24) is 9.78 Å². The Morgan fingerprint density at radius 2 is 2.10 bits per heavy atom. The van der Waals surface area contributed by atoms with E-state index in [0.717, 1.165) is 11.4 Å². The lowest BCUT2D eigenvalue weighted by Crippen LogP contribution is -2.30. The Morgan fingerprint density at radius 3 is 2.71 bits per heavy atom. The Bertz CT molecular complexity index is 619. The first-order chi connectivity index (χ1) is 10.1. The lowest BCUT2D eigenvalue weighted by Gasteiger charge is -2.22. The van der Waals surface area contributed by atoms with E-state index in [0.29, 0.717) is 13.0 Å². The molecule has 0 N–H and O–H groups in total. The van der Waals surface area contributed by atoms with Gasteiger partial charge in [0, 0.05) is 12.6 Å². The molecule has 0 radical (unpaired) electrons. The van der Waals surface area contributed by atoms with Crippen molar-refractivity contribution < 1.29 is 9.53 Å². The van der Waals surface area contributed by atoms with E-state index < -0.39 is 5.41 Å². The van der Waals surface area contributed by atoms with Crippen molar-refractivity contribution in [3.63, 3.8) is 0 Å². The highest BCUT2D eigenvalue weighted by atomic mass is 16.5. The molecular weight excluding hydrogens is 264 g/mol. The molecule has 0 spiro atoms. The number of aromatic nitrogens is 2. The van der Waals surface area contributed by atoms with Crippen LogP contribution in [0.1, 0.15) is 19.5 Å². The molecule has 1 atom stereocenters. The van der Waals surface area contributed by atoms with Gasteiger partial charge in [-0.25, -0.2) is 4.68 Å². The van der Waals surface area contributed by atoms with Gasteiger partial charge in [0.05, 0.1) is 23.4 Å². The normalized spacial score (nSPS) is 13.4. The van der Waals surface area contributed by atoms with Crippen molar-refractivity contribution in [2.45, 2.75) is 20.3 Å². The van der Waals surface area contributed by atoms with E-state index in [-0.39, 0.29) is 5.97 Å². The van der Waals surface area contributed by atoms with Crippen LogP contribution in [0.2, 0.25) is 0 Å². The highest BCUT2D eigenvalue weighted by Crippen LogP contribution is 2.25. The van der Waals surface area contributed by atoms with Crippen LogP contribution in [0, 0.1) is 5.41 Å². The minimum atomic E-state index is -0.758. The molecule has 0 aliphatic carbocycles. The summed E-state index contributed by atoms with van der Waals surface area (Å²) in [6.45, 7) is 7.74. The first-order valence-corrected chi connectivity index (χ1v) is 7.00. The van der Waals surface area contributed by atoms with Gasteiger partial charge in [0.2, 0.25) is 0 Å². The van der Waals surface area contributed by atoms with E-state index in [2.05, 4.69) is 11.7 Å². The van der Waals surface area contributed by atoms with E-state index in [1.54, 1.807) is 17.7 Å². The van der Waals surface area contributed by atoms with Crippen molar-refractivity contribution in [1.29, 1.82) is 0 Å². The van der Waals surface area contributed by atoms with Crippen LogP contribution in [0.25, 0.3) is 5.69 Å². The lowest BCUT2D eigenvalue weighted by atomic mass is 9.86. The van der Waals surface area contributed by atoms with Crippen LogP contribution in [-0.4, -0.2) is 22.4 Å². The molecule has 0 bridgehead atoms. The largest absolute Gasteiger partial charge is 0.465 e. The SMILES string of the molecule is C=CC(C)(Cc1ccn(-c2ccccc2)n1)C(=O)OCC. The van der Waals surface area contributed by atoms with Crippen LogP contribution in [0.15, 0.2) is 55.3 Å². The fraction of sp³-hybridized carbons (Fsp3) is 0.294. The summed E-state index contributed by atoms with van der Waals surface area (Å²) in [4.78, 5) is 12.0. The number of hydrogen-bond acceptors (Lipinski definition) is 3. The molecule has 2 aromatic rings. The molecule has 0 aliphatic rings. The fourth-order valence-electron chi connectivity index (χ4n) is 2.08. The number of hydrogen-bond donors (Lipinski definition) is 0. The molecule has 1 aromatic carbocycles. The van der Waals surface area contributed by atoms with Crippen molar-refractivity contribution in [2.75, 3.05) is 6.61 Å². The predicted molar refractivity (Wildman–Crippen MR) is 82.2 cm³/mol. The molecule has 2 rings (SSSR count). The summed E-state index contributed by atoms with van der Waals surface area (Å²) < 4.78 is 6.91. The third kappa shape index (κ3) is 3.40. The van der Waals surface area contributed by atoms with Crippen LogP contribution in [0.3, 0.4) is 0 Å². The molecule has 1 unspecified atom stereocenters. The molecule has 4 heteroatoms. The maximum Gasteiger partial charge on any atom is 0.316 e. The molecule has 0 saturated carbocycles. The number of carbonyl (C=O) groups excluding carboxylic acids is 1. The zero-order valence-electron chi connectivity index (χ0n) is 12.5. The molecule has 0 fully saturated rings. The zero-order chi connectivity index (χ0) is 15.3. The van der Waals surface area contributed by atoms with Gasteiger partial charge in [-0.05, 0) is 32.0 Å². The van der Waals surface area contributed by atoms with E-state index in [9.17, 15) is 4.79 Å². The van der Waals surface area contributed by atoms with Crippen LogP contribution in [0.4, 0.5) is 0 Å². The van der Waals surface area contributed by atoms with E-state index >= 15 is 0 Å². The van der Waals surface area contributed by atoms with Gasteiger partial charge in [-0.3, -0.25) is 4.79 Å². The van der Waals surface area contributed by atoms with Crippen LogP contribution in [0.5, 0.6) is 0 Å². The summed E-state index contributed by atoms with van der Waals surface area (Å²) in [5.74, 6) is -0.269. The maximum absolute atomic E-state index is 12.0. The zero-order valence-corrected chi connectivity index (χ0v) is 12.5. The molecule has 0 amide bonds.